The molecule has 0 amide bonds. The summed E-state index contributed by atoms with van der Waals surface area (Å²) in [5, 5.41) is 3.33. The molecule has 0 spiro atoms. The summed E-state index contributed by atoms with van der Waals surface area (Å²) in [6.45, 7) is 1.82. The minimum absolute atomic E-state index is 0.132. The number of halogens is 1. The van der Waals surface area contributed by atoms with Crippen LogP contribution in [0.3, 0.4) is 0 Å². The standard InChI is InChI=1S/C18H22FN/c1-14-13-16(11-12-17(14)19)18(20-2)10-6-9-15-7-4-3-5-8-15/h3-5,7-8,11-13,18,20H,6,9-10H2,1-2H3. The van der Waals surface area contributed by atoms with Crippen LogP contribution in [0, 0.1) is 12.7 Å². The number of rotatable bonds is 6. The molecule has 0 bridgehead atoms. The van der Waals surface area contributed by atoms with E-state index in [1.165, 1.54) is 11.1 Å². The molecule has 1 nitrogen and oxygen atoms in total. The van der Waals surface area contributed by atoms with Crippen molar-refractivity contribution in [2.24, 2.45) is 0 Å². The number of hydrogen-bond acceptors (Lipinski definition) is 1. The average molecular weight is 271 g/mol. The van der Waals surface area contributed by atoms with Crippen LogP contribution in [0.2, 0.25) is 0 Å². The van der Waals surface area contributed by atoms with E-state index < -0.39 is 0 Å². The molecule has 0 aliphatic heterocycles. The second-order valence-electron chi connectivity index (χ2n) is 5.23. The topological polar surface area (TPSA) is 12.0 Å². The van der Waals surface area contributed by atoms with Gasteiger partial charge in [-0.3, -0.25) is 0 Å². The molecule has 0 radical (unpaired) electrons. The Morgan fingerprint density at radius 2 is 1.85 bits per heavy atom. The second kappa shape index (κ2) is 7.20. The first-order valence-corrected chi connectivity index (χ1v) is 7.18. The first-order chi connectivity index (χ1) is 9.70. The van der Waals surface area contributed by atoms with Crippen molar-refractivity contribution in [2.45, 2.75) is 32.2 Å². The van der Waals surface area contributed by atoms with E-state index in [1.54, 1.807) is 6.07 Å². The molecule has 0 saturated carbocycles. The van der Waals surface area contributed by atoms with Gasteiger partial charge in [0.2, 0.25) is 0 Å². The van der Waals surface area contributed by atoms with Crippen LogP contribution in [0.5, 0.6) is 0 Å². The molecule has 2 heteroatoms. The van der Waals surface area contributed by atoms with Crippen molar-refractivity contribution < 1.29 is 4.39 Å². The Hall–Kier alpha value is -1.67. The van der Waals surface area contributed by atoms with E-state index in [0.717, 1.165) is 19.3 Å². The Balaban J connectivity index is 1.93. The molecule has 1 N–H and O–H groups in total. The molecule has 2 rings (SSSR count). The Morgan fingerprint density at radius 1 is 1.10 bits per heavy atom. The zero-order valence-electron chi connectivity index (χ0n) is 12.2. The fraction of sp³-hybridized carbons (Fsp3) is 0.333. The van der Waals surface area contributed by atoms with E-state index in [4.69, 9.17) is 0 Å². The summed E-state index contributed by atoms with van der Waals surface area (Å²) in [6, 6.07) is 16.2. The van der Waals surface area contributed by atoms with Crippen molar-refractivity contribution in [3.63, 3.8) is 0 Å². The molecular weight excluding hydrogens is 249 g/mol. The Morgan fingerprint density at radius 3 is 2.50 bits per heavy atom. The number of nitrogens with one attached hydrogen (secondary N) is 1. The lowest BCUT2D eigenvalue weighted by atomic mass is 9.98. The molecule has 0 saturated heterocycles. The Labute approximate surface area is 120 Å². The third kappa shape index (κ3) is 3.91. The van der Waals surface area contributed by atoms with Gasteiger partial charge in [0.05, 0.1) is 0 Å². The van der Waals surface area contributed by atoms with Crippen LogP contribution in [0.1, 0.15) is 35.6 Å². The maximum Gasteiger partial charge on any atom is 0.126 e. The number of hydrogen-bond donors (Lipinski definition) is 1. The fourth-order valence-electron chi connectivity index (χ4n) is 2.52. The smallest absolute Gasteiger partial charge is 0.126 e. The maximum absolute atomic E-state index is 13.3. The SMILES string of the molecule is CNC(CCCc1ccccc1)c1ccc(F)c(C)c1. The summed E-state index contributed by atoms with van der Waals surface area (Å²) in [5.41, 5.74) is 3.25. The summed E-state index contributed by atoms with van der Waals surface area (Å²) in [5.74, 6) is -0.132. The van der Waals surface area contributed by atoms with Crippen molar-refractivity contribution in [3.05, 3.63) is 71.0 Å². The van der Waals surface area contributed by atoms with Gasteiger partial charge in [-0.15, -0.1) is 0 Å². The van der Waals surface area contributed by atoms with E-state index in [0.29, 0.717) is 5.56 Å². The van der Waals surface area contributed by atoms with Crippen LogP contribution in [-0.4, -0.2) is 7.05 Å². The summed E-state index contributed by atoms with van der Waals surface area (Å²) < 4.78 is 13.3. The highest BCUT2D eigenvalue weighted by Gasteiger charge is 2.10. The van der Waals surface area contributed by atoms with E-state index in [9.17, 15) is 4.39 Å². The lowest BCUT2D eigenvalue weighted by Gasteiger charge is -2.17. The van der Waals surface area contributed by atoms with Crippen molar-refractivity contribution in [2.75, 3.05) is 7.05 Å². The van der Waals surface area contributed by atoms with Gasteiger partial charge in [0, 0.05) is 6.04 Å². The highest BCUT2D eigenvalue weighted by atomic mass is 19.1. The average Bonchev–Trinajstić information content (AvgIpc) is 2.48. The molecule has 0 aliphatic carbocycles. The number of aryl methyl sites for hydroxylation is 2. The normalized spacial score (nSPS) is 12.3. The maximum atomic E-state index is 13.3. The predicted octanol–water partition coefficient (Wildman–Crippen LogP) is 4.42. The highest BCUT2D eigenvalue weighted by Crippen LogP contribution is 2.21. The molecule has 0 aliphatic rings. The van der Waals surface area contributed by atoms with E-state index >= 15 is 0 Å². The van der Waals surface area contributed by atoms with Gasteiger partial charge in [0.15, 0.2) is 0 Å². The minimum Gasteiger partial charge on any atom is -0.313 e. The third-order valence-corrected chi connectivity index (χ3v) is 3.73. The quantitative estimate of drug-likeness (QED) is 0.820. The van der Waals surface area contributed by atoms with E-state index in [2.05, 4.69) is 29.6 Å². The predicted molar refractivity (Wildman–Crippen MR) is 82.3 cm³/mol. The third-order valence-electron chi connectivity index (χ3n) is 3.73. The van der Waals surface area contributed by atoms with Crippen LogP contribution in [0.15, 0.2) is 48.5 Å². The molecular formula is C18H22FN. The van der Waals surface area contributed by atoms with Gasteiger partial charge in [0.25, 0.3) is 0 Å². The van der Waals surface area contributed by atoms with Crippen LogP contribution in [0.4, 0.5) is 4.39 Å². The van der Waals surface area contributed by atoms with E-state index in [-0.39, 0.29) is 11.9 Å². The second-order valence-corrected chi connectivity index (χ2v) is 5.23. The zero-order chi connectivity index (χ0) is 14.4. The van der Waals surface area contributed by atoms with Gasteiger partial charge in [-0.05, 0) is 56.0 Å². The molecule has 2 aromatic rings. The molecule has 0 heterocycles. The van der Waals surface area contributed by atoms with Crippen LogP contribution >= 0.6 is 0 Å². The molecule has 1 unspecified atom stereocenters. The van der Waals surface area contributed by atoms with Gasteiger partial charge >= 0.3 is 0 Å². The molecule has 2 aromatic carbocycles. The van der Waals surface area contributed by atoms with Gasteiger partial charge in [-0.25, -0.2) is 4.39 Å². The molecule has 0 aromatic heterocycles. The molecule has 1 atom stereocenters. The Bertz CT molecular complexity index is 536. The van der Waals surface area contributed by atoms with E-state index in [1.807, 2.05) is 32.2 Å². The van der Waals surface area contributed by atoms with Crippen molar-refractivity contribution >= 4 is 0 Å². The lowest BCUT2D eigenvalue weighted by Crippen LogP contribution is -2.16. The lowest BCUT2D eigenvalue weighted by molar-refractivity contribution is 0.524. The fourth-order valence-corrected chi connectivity index (χ4v) is 2.52. The minimum atomic E-state index is -0.132. The van der Waals surface area contributed by atoms with Crippen molar-refractivity contribution in [3.8, 4) is 0 Å². The van der Waals surface area contributed by atoms with Crippen LogP contribution in [0.25, 0.3) is 0 Å². The highest BCUT2D eigenvalue weighted by molar-refractivity contribution is 5.26. The van der Waals surface area contributed by atoms with Gasteiger partial charge < -0.3 is 5.32 Å². The first kappa shape index (κ1) is 14.7. The summed E-state index contributed by atoms with van der Waals surface area (Å²) in [7, 11) is 1.96. The van der Waals surface area contributed by atoms with Gasteiger partial charge in [-0.1, -0.05) is 42.5 Å². The first-order valence-electron chi connectivity index (χ1n) is 7.18. The van der Waals surface area contributed by atoms with Crippen molar-refractivity contribution in [1.82, 2.24) is 5.32 Å². The molecule has 106 valence electrons. The zero-order valence-corrected chi connectivity index (χ0v) is 12.2. The van der Waals surface area contributed by atoms with Crippen LogP contribution < -0.4 is 5.32 Å². The van der Waals surface area contributed by atoms with Crippen molar-refractivity contribution in [1.29, 1.82) is 0 Å². The molecule has 20 heavy (non-hydrogen) atoms. The number of benzene rings is 2. The largest absolute Gasteiger partial charge is 0.313 e. The summed E-state index contributed by atoms with van der Waals surface area (Å²) in [4.78, 5) is 0. The van der Waals surface area contributed by atoms with Gasteiger partial charge in [0.1, 0.15) is 5.82 Å². The molecule has 0 fully saturated rings. The summed E-state index contributed by atoms with van der Waals surface area (Å²) >= 11 is 0. The van der Waals surface area contributed by atoms with Gasteiger partial charge in [-0.2, -0.15) is 0 Å². The Kier molecular flexibility index (Phi) is 5.31. The van der Waals surface area contributed by atoms with Crippen LogP contribution in [-0.2, 0) is 6.42 Å². The monoisotopic (exact) mass is 271 g/mol. The summed E-state index contributed by atoms with van der Waals surface area (Å²) in [6.07, 6.45) is 3.25.